The van der Waals surface area contributed by atoms with Gasteiger partial charge in [-0.1, -0.05) is 12.1 Å². The minimum Gasteiger partial charge on any atom is -0.508 e. The molecule has 0 saturated carbocycles. The summed E-state index contributed by atoms with van der Waals surface area (Å²) in [5.74, 6) is -2.85. The average molecular weight is 352 g/mol. The molecule has 0 radical (unpaired) electrons. The van der Waals surface area contributed by atoms with Crippen molar-refractivity contribution < 1.29 is 32.2 Å². The van der Waals surface area contributed by atoms with E-state index in [2.05, 4.69) is 0 Å². The van der Waals surface area contributed by atoms with Crippen molar-refractivity contribution in [2.45, 2.75) is 6.18 Å². The van der Waals surface area contributed by atoms with Crippen LogP contribution in [-0.4, -0.2) is 12.2 Å². The third-order valence-electron chi connectivity index (χ3n) is 3.37. The molecule has 1 N–H and O–H groups in total. The zero-order chi connectivity index (χ0) is 18.2. The van der Waals surface area contributed by atoms with Crippen LogP contribution in [0.3, 0.4) is 0 Å². The van der Waals surface area contributed by atoms with E-state index in [0.29, 0.717) is 0 Å². The molecule has 0 saturated heterocycles. The predicted molar refractivity (Wildman–Crippen MR) is 82.2 cm³/mol. The van der Waals surface area contributed by atoms with E-state index in [0.717, 1.165) is 12.1 Å². The number of benzene rings is 2. The van der Waals surface area contributed by atoms with E-state index in [1.165, 1.54) is 31.4 Å². The Morgan fingerprint density at radius 1 is 1.08 bits per heavy atom. The number of hydrogen-bond acceptors (Lipinski definition) is 5. The van der Waals surface area contributed by atoms with Crippen LogP contribution < -0.4 is 14.9 Å². The van der Waals surface area contributed by atoms with Gasteiger partial charge in [0.05, 0.1) is 12.5 Å². The number of hydrogen-bond donors (Lipinski definition) is 1. The molecular formula is C17H11F3O5. The van der Waals surface area contributed by atoms with Crippen LogP contribution in [0.1, 0.15) is 5.76 Å². The highest BCUT2D eigenvalue weighted by Gasteiger charge is 2.40. The van der Waals surface area contributed by atoms with Crippen molar-refractivity contribution in [1.82, 2.24) is 0 Å². The molecule has 3 rings (SSSR count). The summed E-state index contributed by atoms with van der Waals surface area (Å²) in [6.45, 7) is 0. The number of halogens is 3. The SMILES string of the molecule is COc1ccccc1Oc1c(C(F)(F)F)oc2cc(O)ccc2c1=O. The molecule has 0 aliphatic rings. The fourth-order valence-electron chi connectivity index (χ4n) is 2.26. The molecular weight excluding hydrogens is 341 g/mol. The number of ether oxygens (including phenoxy) is 2. The monoisotopic (exact) mass is 352 g/mol. The number of methoxy groups -OCH3 is 1. The van der Waals surface area contributed by atoms with Gasteiger partial charge in [0.15, 0.2) is 11.5 Å². The first-order chi connectivity index (χ1) is 11.8. The van der Waals surface area contributed by atoms with Crippen LogP contribution in [0.5, 0.6) is 23.0 Å². The maximum atomic E-state index is 13.3. The second-order valence-corrected chi connectivity index (χ2v) is 5.02. The van der Waals surface area contributed by atoms with E-state index < -0.39 is 28.7 Å². The van der Waals surface area contributed by atoms with E-state index in [4.69, 9.17) is 13.9 Å². The van der Waals surface area contributed by atoms with Gasteiger partial charge in [0.1, 0.15) is 11.3 Å². The average Bonchev–Trinajstić information content (AvgIpc) is 2.56. The maximum absolute atomic E-state index is 13.3. The number of phenols is 1. The molecule has 0 aliphatic heterocycles. The van der Waals surface area contributed by atoms with Crippen molar-refractivity contribution in [2.75, 3.05) is 7.11 Å². The van der Waals surface area contributed by atoms with Gasteiger partial charge < -0.3 is 19.0 Å². The molecule has 0 aliphatic carbocycles. The van der Waals surface area contributed by atoms with E-state index in [-0.39, 0.29) is 22.6 Å². The van der Waals surface area contributed by atoms with Crippen LogP contribution in [0.4, 0.5) is 13.2 Å². The standard InChI is InChI=1S/C17H11F3O5/c1-23-11-4-2-3-5-12(11)24-15-14(22)10-7-6-9(21)8-13(10)25-16(15)17(18,19)20/h2-8,21H,1H3. The molecule has 3 aromatic rings. The van der Waals surface area contributed by atoms with Crippen molar-refractivity contribution in [3.05, 3.63) is 58.4 Å². The number of alkyl halides is 3. The normalized spacial score (nSPS) is 11.5. The van der Waals surface area contributed by atoms with E-state index in [1.54, 1.807) is 6.07 Å². The van der Waals surface area contributed by atoms with E-state index in [9.17, 15) is 23.1 Å². The summed E-state index contributed by atoms with van der Waals surface area (Å²) in [6, 6.07) is 9.21. The summed E-state index contributed by atoms with van der Waals surface area (Å²) in [4.78, 5) is 12.5. The lowest BCUT2D eigenvalue weighted by molar-refractivity contribution is -0.154. The van der Waals surface area contributed by atoms with Crippen molar-refractivity contribution in [2.24, 2.45) is 0 Å². The Morgan fingerprint density at radius 2 is 1.76 bits per heavy atom. The molecule has 0 fully saturated rings. The van der Waals surface area contributed by atoms with Gasteiger partial charge in [0.2, 0.25) is 11.2 Å². The number of fused-ring (bicyclic) bond motifs is 1. The fraction of sp³-hybridized carbons (Fsp3) is 0.118. The van der Waals surface area contributed by atoms with Crippen LogP contribution in [0.2, 0.25) is 0 Å². The summed E-state index contributed by atoms with van der Waals surface area (Å²) >= 11 is 0. The summed E-state index contributed by atoms with van der Waals surface area (Å²) in [7, 11) is 1.32. The third kappa shape index (κ3) is 3.10. The summed E-state index contributed by atoms with van der Waals surface area (Å²) in [5.41, 5.74) is -1.41. The fourth-order valence-corrected chi connectivity index (χ4v) is 2.26. The Kier molecular flexibility index (Phi) is 4.03. The molecule has 0 bridgehead atoms. The zero-order valence-electron chi connectivity index (χ0n) is 12.8. The van der Waals surface area contributed by atoms with Gasteiger partial charge in [-0.05, 0) is 24.3 Å². The number of rotatable bonds is 3. The largest absolute Gasteiger partial charge is 0.508 e. The Bertz CT molecular complexity index is 992. The highest BCUT2D eigenvalue weighted by molar-refractivity contribution is 5.79. The molecule has 0 atom stereocenters. The Morgan fingerprint density at radius 3 is 2.40 bits per heavy atom. The minimum atomic E-state index is -4.98. The highest BCUT2D eigenvalue weighted by atomic mass is 19.4. The summed E-state index contributed by atoms with van der Waals surface area (Å²) < 4.78 is 55.0. The Hall–Kier alpha value is -3.16. The van der Waals surface area contributed by atoms with Crippen molar-refractivity contribution >= 4 is 11.0 Å². The van der Waals surface area contributed by atoms with Crippen LogP contribution in [-0.2, 0) is 6.18 Å². The van der Waals surface area contributed by atoms with Crippen molar-refractivity contribution in [3.63, 3.8) is 0 Å². The quantitative estimate of drug-likeness (QED) is 0.760. The lowest BCUT2D eigenvalue weighted by Crippen LogP contribution is -2.15. The first kappa shape index (κ1) is 16.7. The predicted octanol–water partition coefficient (Wildman–Crippen LogP) is 4.32. The van der Waals surface area contributed by atoms with Gasteiger partial charge in [-0.3, -0.25) is 4.79 Å². The molecule has 0 amide bonds. The second kappa shape index (κ2) is 6.04. The van der Waals surface area contributed by atoms with E-state index in [1.807, 2.05) is 0 Å². The topological polar surface area (TPSA) is 68.9 Å². The Labute approximate surface area is 138 Å². The second-order valence-electron chi connectivity index (χ2n) is 5.02. The number of para-hydroxylation sites is 2. The van der Waals surface area contributed by atoms with Gasteiger partial charge in [-0.25, -0.2) is 0 Å². The van der Waals surface area contributed by atoms with Crippen LogP contribution in [0.15, 0.2) is 51.7 Å². The first-order valence-corrected chi connectivity index (χ1v) is 6.99. The van der Waals surface area contributed by atoms with Crippen molar-refractivity contribution in [1.29, 1.82) is 0 Å². The molecule has 0 spiro atoms. The van der Waals surface area contributed by atoms with E-state index >= 15 is 0 Å². The molecule has 1 aromatic heterocycles. The van der Waals surface area contributed by atoms with Crippen LogP contribution in [0, 0.1) is 0 Å². The van der Waals surface area contributed by atoms with Gasteiger partial charge >= 0.3 is 6.18 Å². The molecule has 0 unspecified atom stereocenters. The smallest absolute Gasteiger partial charge is 0.453 e. The lowest BCUT2D eigenvalue weighted by Gasteiger charge is -2.14. The molecule has 5 nitrogen and oxygen atoms in total. The molecule has 2 aromatic carbocycles. The summed E-state index contributed by atoms with van der Waals surface area (Å²) in [5, 5.41) is 9.24. The van der Waals surface area contributed by atoms with Gasteiger partial charge in [0.25, 0.3) is 5.76 Å². The van der Waals surface area contributed by atoms with Gasteiger partial charge in [-0.2, -0.15) is 13.2 Å². The Balaban J connectivity index is 2.27. The van der Waals surface area contributed by atoms with Gasteiger partial charge in [-0.15, -0.1) is 0 Å². The van der Waals surface area contributed by atoms with Crippen LogP contribution in [0.25, 0.3) is 11.0 Å². The van der Waals surface area contributed by atoms with Gasteiger partial charge in [0, 0.05) is 6.07 Å². The maximum Gasteiger partial charge on any atom is 0.453 e. The first-order valence-electron chi connectivity index (χ1n) is 6.99. The van der Waals surface area contributed by atoms with Crippen LogP contribution >= 0.6 is 0 Å². The highest BCUT2D eigenvalue weighted by Crippen LogP contribution is 2.40. The zero-order valence-corrected chi connectivity index (χ0v) is 12.8. The molecule has 1 heterocycles. The molecule has 25 heavy (non-hydrogen) atoms. The third-order valence-corrected chi connectivity index (χ3v) is 3.37. The summed E-state index contributed by atoms with van der Waals surface area (Å²) in [6.07, 6.45) is -4.98. The molecule has 8 heteroatoms. The number of aromatic hydroxyl groups is 1. The minimum absolute atomic E-state index is 0.0686. The lowest BCUT2D eigenvalue weighted by atomic mass is 10.2. The van der Waals surface area contributed by atoms with Crippen molar-refractivity contribution in [3.8, 4) is 23.0 Å². The molecule has 130 valence electrons. The number of phenolic OH excluding ortho intramolecular Hbond substituents is 1.